The fourth-order valence-corrected chi connectivity index (χ4v) is 3.28. The summed E-state index contributed by atoms with van der Waals surface area (Å²) in [6.07, 6.45) is 0. The number of carbonyl (C=O) groups excluding carboxylic acids is 1. The minimum Gasteiger partial charge on any atom is -0.497 e. The van der Waals surface area contributed by atoms with Gasteiger partial charge in [-0.25, -0.2) is 4.79 Å². The van der Waals surface area contributed by atoms with Crippen molar-refractivity contribution in [2.75, 3.05) is 7.11 Å². The van der Waals surface area contributed by atoms with E-state index in [2.05, 4.69) is 9.69 Å². The maximum absolute atomic E-state index is 12.5. The highest BCUT2D eigenvalue weighted by molar-refractivity contribution is 7.04. The van der Waals surface area contributed by atoms with E-state index in [0.717, 1.165) is 27.4 Å². The van der Waals surface area contributed by atoms with Crippen LogP contribution in [0.5, 0.6) is 5.75 Å². The van der Waals surface area contributed by atoms with Crippen molar-refractivity contribution in [1.29, 1.82) is 0 Å². The Morgan fingerprint density at radius 1 is 1.23 bits per heavy atom. The highest BCUT2D eigenvalue weighted by Gasteiger charge is 2.16. The molecule has 1 amide bonds. The Labute approximate surface area is 152 Å². The molecule has 0 atom stereocenters. The number of benzene rings is 1. The fourth-order valence-electron chi connectivity index (χ4n) is 2.61. The van der Waals surface area contributed by atoms with Gasteiger partial charge in [0.25, 0.3) is 5.56 Å². The van der Waals surface area contributed by atoms with Gasteiger partial charge in [-0.2, -0.15) is 4.37 Å². The molecule has 136 valence electrons. The third-order valence-electron chi connectivity index (χ3n) is 4.02. The topological polar surface area (TPSA) is 95.2 Å². The van der Waals surface area contributed by atoms with E-state index in [1.807, 2.05) is 24.3 Å². The second-order valence-corrected chi connectivity index (χ2v) is 6.22. The van der Waals surface area contributed by atoms with Gasteiger partial charge in [-0.05, 0) is 36.2 Å². The van der Waals surface area contributed by atoms with Crippen LogP contribution in [0, 0.1) is 0 Å². The molecule has 0 fully saturated rings. The molecule has 0 aliphatic heterocycles. The van der Waals surface area contributed by atoms with Gasteiger partial charge >= 0.3 is 5.69 Å². The maximum atomic E-state index is 12.5. The molecular formula is C17H18N4O4S. The number of hydrogen-bond acceptors (Lipinski definition) is 6. The van der Waals surface area contributed by atoms with E-state index in [4.69, 9.17) is 4.74 Å². The first-order valence-electron chi connectivity index (χ1n) is 8.02. The zero-order chi connectivity index (χ0) is 18.7. The van der Waals surface area contributed by atoms with E-state index in [9.17, 15) is 14.4 Å². The minimum absolute atomic E-state index is 0.176. The number of aromatic nitrogens is 3. The van der Waals surface area contributed by atoms with Crippen LogP contribution in [0.2, 0.25) is 0 Å². The Hall–Kier alpha value is -2.94. The van der Waals surface area contributed by atoms with E-state index in [-0.39, 0.29) is 24.5 Å². The van der Waals surface area contributed by atoms with Crippen molar-refractivity contribution in [2.24, 2.45) is 0 Å². The molecule has 1 N–H and O–H groups in total. The van der Waals surface area contributed by atoms with E-state index >= 15 is 0 Å². The van der Waals surface area contributed by atoms with Crippen molar-refractivity contribution in [2.45, 2.75) is 26.6 Å². The molecule has 0 spiro atoms. The molecule has 0 radical (unpaired) electrons. The van der Waals surface area contributed by atoms with Gasteiger partial charge in [-0.1, -0.05) is 12.1 Å². The zero-order valence-corrected chi connectivity index (χ0v) is 15.2. The highest BCUT2D eigenvalue weighted by atomic mass is 32.1. The molecule has 0 aliphatic carbocycles. The number of carbonyl (C=O) groups is 1. The lowest BCUT2D eigenvalue weighted by molar-refractivity contribution is -0.121. The van der Waals surface area contributed by atoms with Crippen molar-refractivity contribution in [1.82, 2.24) is 18.8 Å². The van der Waals surface area contributed by atoms with Gasteiger partial charge in [0.1, 0.15) is 12.3 Å². The first-order valence-corrected chi connectivity index (χ1v) is 8.86. The smallest absolute Gasteiger partial charge is 0.332 e. The average molecular weight is 374 g/mol. The molecule has 3 rings (SSSR count). The number of fused-ring (bicyclic) bond motifs is 1. The van der Waals surface area contributed by atoms with Gasteiger partial charge < -0.3 is 10.1 Å². The van der Waals surface area contributed by atoms with Crippen LogP contribution in [-0.2, 0) is 24.4 Å². The lowest BCUT2D eigenvalue weighted by atomic mass is 10.2. The lowest BCUT2D eigenvalue weighted by Gasteiger charge is -2.11. The fraction of sp³-hybridized carbons (Fsp3) is 0.294. The van der Waals surface area contributed by atoms with Gasteiger partial charge in [0, 0.05) is 18.5 Å². The van der Waals surface area contributed by atoms with Crippen molar-refractivity contribution in [3.05, 3.63) is 56.0 Å². The van der Waals surface area contributed by atoms with Crippen molar-refractivity contribution in [3.63, 3.8) is 0 Å². The first-order chi connectivity index (χ1) is 12.5. The van der Waals surface area contributed by atoms with Crippen LogP contribution < -0.4 is 21.3 Å². The molecule has 0 unspecified atom stereocenters. The summed E-state index contributed by atoms with van der Waals surface area (Å²) in [6.45, 7) is 2.08. The maximum Gasteiger partial charge on any atom is 0.332 e. The third kappa shape index (κ3) is 3.38. The van der Waals surface area contributed by atoms with Gasteiger partial charge in [-0.15, -0.1) is 0 Å². The predicted octanol–water partition coefficient (Wildman–Crippen LogP) is 0.965. The molecule has 1 aromatic carbocycles. The van der Waals surface area contributed by atoms with E-state index < -0.39 is 11.2 Å². The monoisotopic (exact) mass is 374 g/mol. The third-order valence-corrected chi connectivity index (χ3v) is 4.63. The number of methoxy groups -OCH3 is 1. The molecule has 0 aliphatic rings. The largest absolute Gasteiger partial charge is 0.497 e. The van der Waals surface area contributed by atoms with Gasteiger partial charge in [0.05, 0.1) is 12.6 Å². The summed E-state index contributed by atoms with van der Waals surface area (Å²) in [7, 11) is 1.59. The number of amides is 1. The minimum atomic E-state index is -0.509. The Bertz CT molecular complexity index is 1050. The molecule has 26 heavy (non-hydrogen) atoms. The SMILES string of the molecule is CCn1c(=O)c2nscc2n(CC(=O)NCc2ccc(OC)cc2)c1=O. The van der Waals surface area contributed by atoms with Crippen LogP contribution >= 0.6 is 11.5 Å². The normalized spacial score (nSPS) is 10.8. The van der Waals surface area contributed by atoms with Crippen LogP contribution in [0.3, 0.4) is 0 Å². The molecule has 0 saturated heterocycles. The van der Waals surface area contributed by atoms with Crippen LogP contribution in [0.1, 0.15) is 12.5 Å². The van der Waals surface area contributed by atoms with Crippen LogP contribution in [0.4, 0.5) is 0 Å². The second kappa shape index (κ2) is 7.52. The Balaban J connectivity index is 1.80. The summed E-state index contributed by atoms with van der Waals surface area (Å²) >= 11 is 1.08. The summed E-state index contributed by atoms with van der Waals surface area (Å²) in [5.41, 5.74) is 0.564. The summed E-state index contributed by atoms with van der Waals surface area (Å²) in [5, 5.41) is 4.38. The molecule has 3 aromatic rings. The molecule has 0 saturated carbocycles. The van der Waals surface area contributed by atoms with E-state index in [1.165, 1.54) is 4.57 Å². The summed E-state index contributed by atoms with van der Waals surface area (Å²) in [4.78, 5) is 37.1. The van der Waals surface area contributed by atoms with E-state index in [1.54, 1.807) is 19.4 Å². The summed E-state index contributed by atoms with van der Waals surface area (Å²) < 4.78 is 11.5. The quantitative estimate of drug-likeness (QED) is 0.694. The Morgan fingerprint density at radius 3 is 2.62 bits per heavy atom. The average Bonchev–Trinajstić information content (AvgIpc) is 3.14. The van der Waals surface area contributed by atoms with Crippen molar-refractivity contribution in [3.8, 4) is 5.75 Å². The molecule has 8 nitrogen and oxygen atoms in total. The van der Waals surface area contributed by atoms with Crippen LogP contribution in [0.15, 0.2) is 39.2 Å². The molecular weight excluding hydrogens is 356 g/mol. The van der Waals surface area contributed by atoms with Crippen LogP contribution in [-0.4, -0.2) is 26.5 Å². The number of nitrogens with one attached hydrogen (secondary N) is 1. The zero-order valence-electron chi connectivity index (χ0n) is 14.4. The number of hydrogen-bond donors (Lipinski definition) is 1. The van der Waals surface area contributed by atoms with Crippen molar-refractivity contribution < 1.29 is 9.53 Å². The predicted molar refractivity (Wildman–Crippen MR) is 98.7 cm³/mol. The number of nitrogens with zero attached hydrogens (tertiary/aromatic N) is 3. The van der Waals surface area contributed by atoms with Gasteiger partial charge in [0.2, 0.25) is 5.91 Å². The summed E-state index contributed by atoms with van der Waals surface area (Å²) in [5.74, 6) is 0.414. The lowest BCUT2D eigenvalue weighted by Crippen LogP contribution is -2.42. The van der Waals surface area contributed by atoms with E-state index in [0.29, 0.717) is 12.1 Å². The number of ether oxygens (including phenoxy) is 1. The van der Waals surface area contributed by atoms with Gasteiger partial charge in [0.15, 0.2) is 5.52 Å². The van der Waals surface area contributed by atoms with Crippen molar-refractivity contribution >= 4 is 28.5 Å². The molecule has 2 aromatic heterocycles. The standard InChI is InChI=1S/C17H18N4O4S/c1-3-20-16(23)15-13(10-26-19-15)21(17(20)24)9-14(22)18-8-11-4-6-12(25-2)7-5-11/h4-7,10H,3,8-9H2,1-2H3,(H,18,22). The Kier molecular flexibility index (Phi) is 5.17. The molecule has 0 bridgehead atoms. The molecule has 9 heteroatoms. The Morgan fingerprint density at radius 2 is 1.96 bits per heavy atom. The summed E-state index contributed by atoms with van der Waals surface area (Å²) in [6, 6.07) is 7.32. The highest BCUT2D eigenvalue weighted by Crippen LogP contribution is 2.11. The number of rotatable bonds is 6. The first kappa shape index (κ1) is 17.9. The van der Waals surface area contributed by atoms with Gasteiger partial charge in [-0.3, -0.25) is 18.7 Å². The van der Waals surface area contributed by atoms with Crippen LogP contribution in [0.25, 0.3) is 11.0 Å². The molecule has 2 heterocycles. The second-order valence-electron chi connectivity index (χ2n) is 5.59.